The van der Waals surface area contributed by atoms with E-state index in [1.165, 1.54) is 6.08 Å². The van der Waals surface area contributed by atoms with E-state index in [0.717, 1.165) is 47.6 Å². The summed E-state index contributed by atoms with van der Waals surface area (Å²) < 4.78 is 0. The summed E-state index contributed by atoms with van der Waals surface area (Å²) in [5.74, 6) is -0.507. The van der Waals surface area contributed by atoms with Crippen molar-refractivity contribution in [1.82, 2.24) is 10.2 Å². The van der Waals surface area contributed by atoms with Crippen molar-refractivity contribution in [2.75, 3.05) is 31.5 Å². The number of allylic oxidation sites excluding steroid dienone is 1. The molecule has 0 atom stereocenters. The van der Waals surface area contributed by atoms with Crippen molar-refractivity contribution < 1.29 is 9.59 Å². The van der Waals surface area contributed by atoms with Crippen molar-refractivity contribution in [1.29, 1.82) is 0 Å². The lowest BCUT2D eigenvalue weighted by molar-refractivity contribution is -0.113. The van der Waals surface area contributed by atoms with Gasteiger partial charge < -0.3 is 15.5 Å². The minimum atomic E-state index is -0.310. The van der Waals surface area contributed by atoms with Gasteiger partial charge in [0.15, 0.2) is 5.78 Å². The average molecular weight is 422 g/mol. The van der Waals surface area contributed by atoms with Crippen LogP contribution in [-0.2, 0) is 4.79 Å². The smallest absolute Gasteiger partial charge is 0.271 e. The highest BCUT2D eigenvalue weighted by Crippen LogP contribution is 2.22. The Labute approximate surface area is 186 Å². The molecule has 0 aliphatic carbocycles. The van der Waals surface area contributed by atoms with Gasteiger partial charge in [0.1, 0.15) is 5.70 Å². The molecule has 1 amide bonds. The molecule has 2 rings (SSSR count). The van der Waals surface area contributed by atoms with Gasteiger partial charge in [0, 0.05) is 30.4 Å². The number of anilines is 1. The number of carbonyl (C=O) groups excluding carboxylic acids is 2. The lowest BCUT2D eigenvalue weighted by Gasteiger charge is -2.20. The third-order valence-corrected chi connectivity index (χ3v) is 5.41. The quantitative estimate of drug-likeness (QED) is 0.436. The van der Waals surface area contributed by atoms with Gasteiger partial charge in [0.05, 0.1) is 0 Å². The first-order valence-electron chi connectivity index (χ1n) is 10.9. The van der Waals surface area contributed by atoms with Crippen LogP contribution in [0, 0.1) is 27.7 Å². The molecule has 0 fully saturated rings. The van der Waals surface area contributed by atoms with E-state index in [4.69, 9.17) is 0 Å². The van der Waals surface area contributed by atoms with E-state index >= 15 is 0 Å². The van der Waals surface area contributed by atoms with Crippen molar-refractivity contribution in [3.63, 3.8) is 0 Å². The maximum Gasteiger partial charge on any atom is 0.271 e. The minimum Gasteiger partial charge on any atom is -0.379 e. The summed E-state index contributed by atoms with van der Waals surface area (Å²) in [4.78, 5) is 28.2. The molecule has 0 heterocycles. The summed E-state index contributed by atoms with van der Waals surface area (Å²) in [6.45, 7) is 15.4. The standard InChI is InChI=1S/C26H35N3O2/c1-7-29(8-2)14-13-27-23(17-24(30)22-11-9-18(3)10-12-22)26(31)28-25-20(5)15-19(4)16-21(25)6/h9-12,15-17,27H,7-8,13-14H2,1-6H3,(H,28,31)/b23-17-. The van der Waals surface area contributed by atoms with Crippen LogP contribution < -0.4 is 10.6 Å². The van der Waals surface area contributed by atoms with E-state index in [-0.39, 0.29) is 17.4 Å². The molecule has 0 aliphatic heterocycles. The van der Waals surface area contributed by atoms with E-state index in [9.17, 15) is 9.59 Å². The Bertz CT molecular complexity index is 919. The third kappa shape index (κ3) is 7.07. The van der Waals surface area contributed by atoms with Gasteiger partial charge in [-0.05, 0) is 51.9 Å². The molecule has 0 saturated heterocycles. The second kappa shape index (κ2) is 11.5. The number of benzene rings is 2. The SMILES string of the molecule is CCN(CC)CCN/C(=C\C(=O)c1ccc(C)cc1)C(=O)Nc1c(C)cc(C)cc1C. The Morgan fingerprint density at radius 3 is 2.03 bits per heavy atom. The van der Waals surface area contributed by atoms with Crippen molar-refractivity contribution in [3.8, 4) is 0 Å². The van der Waals surface area contributed by atoms with Gasteiger partial charge in [-0.3, -0.25) is 9.59 Å². The zero-order valence-corrected chi connectivity index (χ0v) is 19.6. The highest BCUT2D eigenvalue weighted by Gasteiger charge is 2.15. The molecular weight excluding hydrogens is 386 g/mol. The normalized spacial score (nSPS) is 11.5. The summed E-state index contributed by atoms with van der Waals surface area (Å²) in [6.07, 6.45) is 1.40. The number of aryl methyl sites for hydroxylation is 4. The van der Waals surface area contributed by atoms with Crippen molar-refractivity contribution in [3.05, 3.63) is 76.0 Å². The maximum absolute atomic E-state index is 13.1. The number of amides is 1. The van der Waals surface area contributed by atoms with Crippen LogP contribution in [0.3, 0.4) is 0 Å². The fourth-order valence-corrected chi connectivity index (χ4v) is 3.58. The average Bonchev–Trinajstić information content (AvgIpc) is 2.73. The maximum atomic E-state index is 13.1. The predicted molar refractivity (Wildman–Crippen MR) is 129 cm³/mol. The molecule has 2 N–H and O–H groups in total. The largest absolute Gasteiger partial charge is 0.379 e. The highest BCUT2D eigenvalue weighted by molar-refractivity contribution is 6.12. The van der Waals surface area contributed by atoms with Crippen LogP contribution in [-0.4, -0.2) is 42.8 Å². The molecular formula is C26H35N3O2. The number of ketones is 1. The monoisotopic (exact) mass is 421 g/mol. The van der Waals surface area contributed by atoms with Crippen LogP contribution in [0.25, 0.3) is 0 Å². The molecule has 0 radical (unpaired) electrons. The van der Waals surface area contributed by atoms with Crippen LogP contribution in [0.5, 0.6) is 0 Å². The predicted octanol–water partition coefficient (Wildman–Crippen LogP) is 4.56. The number of nitrogens with one attached hydrogen (secondary N) is 2. The van der Waals surface area contributed by atoms with Crippen LogP contribution in [0.4, 0.5) is 5.69 Å². The summed E-state index contributed by atoms with van der Waals surface area (Å²) in [5.41, 5.74) is 5.85. The lowest BCUT2D eigenvalue weighted by atomic mass is 10.0. The van der Waals surface area contributed by atoms with Gasteiger partial charge in [0.25, 0.3) is 5.91 Å². The van der Waals surface area contributed by atoms with Gasteiger partial charge in [-0.1, -0.05) is 61.4 Å². The Hall–Kier alpha value is -2.92. The number of likely N-dealkylation sites (N-methyl/N-ethyl adjacent to an activating group) is 1. The first-order valence-corrected chi connectivity index (χ1v) is 10.9. The van der Waals surface area contributed by atoms with Crippen LogP contribution in [0.1, 0.15) is 46.5 Å². The van der Waals surface area contributed by atoms with Gasteiger partial charge in [0.2, 0.25) is 0 Å². The molecule has 166 valence electrons. The Morgan fingerprint density at radius 2 is 1.48 bits per heavy atom. The topological polar surface area (TPSA) is 61.4 Å². The molecule has 0 bridgehead atoms. The van der Waals surface area contributed by atoms with E-state index in [0.29, 0.717) is 12.1 Å². The van der Waals surface area contributed by atoms with Crippen LogP contribution >= 0.6 is 0 Å². The molecule has 0 aliphatic rings. The van der Waals surface area contributed by atoms with Crippen molar-refractivity contribution >= 4 is 17.4 Å². The fourth-order valence-electron chi connectivity index (χ4n) is 3.58. The molecule has 5 nitrogen and oxygen atoms in total. The van der Waals surface area contributed by atoms with Crippen LogP contribution in [0.2, 0.25) is 0 Å². The van der Waals surface area contributed by atoms with Gasteiger partial charge in [-0.2, -0.15) is 0 Å². The lowest BCUT2D eigenvalue weighted by Crippen LogP contribution is -2.35. The number of hydrogen-bond acceptors (Lipinski definition) is 4. The van der Waals surface area contributed by atoms with Crippen molar-refractivity contribution in [2.24, 2.45) is 0 Å². The Kier molecular flexibility index (Phi) is 9.01. The molecule has 0 spiro atoms. The number of nitrogens with zero attached hydrogens (tertiary/aromatic N) is 1. The van der Waals surface area contributed by atoms with Crippen molar-refractivity contribution in [2.45, 2.75) is 41.5 Å². The number of hydrogen-bond donors (Lipinski definition) is 2. The second-order valence-corrected chi connectivity index (χ2v) is 7.97. The summed E-state index contributed by atoms with van der Waals surface area (Å²) >= 11 is 0. The molecule has 0 aromatic heterocycles. The summed E-state index contributed by atoms with van der Waals surface area (Å²) in [7, 11) is 0. The van der Waals surface area contributed by atoms with Crippen LogP contribution in [0.15, 0.2) is 48.2 Å². The van der Waals surface area contributed by atoms with E-state index in [1.54, 1.807) is 12.1 Å². The number of rotatable bonds is 10. The first-order chi connectivity index (χ1) is 14.7. The highest BCUT2D eigenvalue weighted by atomic mass is 16.2. The van der Waals surface area contributed by atoms with E-state index in [1.807, 2.05) is 52.0 Å². The number of carbonyl (C=O) groups is 2. The zero-order chi connectivity index (χ0) is 23.0. The third-order valence-electron chi connectivity index (χ3n) is 5.41. The molecule has 31 heavy (non-hydrogen) atoms. The second-order valence-electron chi connectivity index (χ2n) is 7.97. The summed E-state index contributed by atoms with van der Waals surface area (Å²) in [5, 5.41) is 6.19. The van der Waals surface area contributed by atoms with Gasteiger partial charge >= 0.3 is 0 Å². The molecule has 2 aromatic carbocycles. The van der Waals surface area contributed by atoms with E-state index in [2.05, 4.69) is 29.4 Å². The Balaban J connectivity index is 2.26. The fraction of sp³-hybridized carbons (Fsp3) is 0.385. The molecule has 2 aromatic rings. The molecule has 0 unspecified atom stereocenters. The summed E-state index contributed by atoms with van der Waals surface area (Å²) in [6, 6.07) is 11.4. The van der Waals surface area contributed by atoms with E-state index < -0.39 is 0 Å². The zero-order valence-electron chi connectivity index (χ0n) is 19.6. The molecule has 0 saturated carbocycles. The van der Waals surface area contributed by atoms with Gasteiger partial charge in [-0.15, -0.1) is 0 Å². The Morgan fingerprint density at radius 1 is 0.903 bits per heavy atom. The first kappa shape index (κ1) is 24.4. The van der Waals surface area contributed by atoms with Gasteiger partial charge in [-0.25, -0.2) is 0 Å². The minimum absolute atomic E-state index is 0.196. The molecule has 5 heteroatoms.